The van der Waals surface area contributed by atoms with E-state index in [0.717, 1.165) is 30.4 Å². The summed E-state index contributed by atoms with van der Waals surface area (Å²) in [6.45, 7) is 2.79. The van der Waals surface area contributed by atoms with Gasteiger partial charge in [0, 0.05) is 11.4 Å². The smallest absolute Gasteiger partial charge is 0.239 e. The van der Waals surface area contributed by atoms with Crippen molar-refractivity contribution in [3.05, 3.63) is 45.6 Å². The van der Waals surface area contributed by atoms with Crippen LogP contribution < -0.4 is 10.1 Å². The number of nitriles is 1. The Labute approximate surface area is 168 Å². The highest BCUT2D eigenvalue weighted by atomic mass is 32.1. The van der Waals surface area contributed by atoms with Gasteiger partial charge in [0.25, 0.3) is 0 Å². The van der Waals surface area contributed by atoms with E-state index in [4.69, 9.17) is 4.74 Å². The van der Waals surface area contributed by atoms with E-state index < -0.39 is 5.82 Å². The fourth-order valence-electron chi connectivity index (χ4n) is 3.54. The number of amides is 1. The Morgan fingerprint density at radius 2 is 2.29 bits per heavy atom. The molecular weight excluding hydrogens is 377 g/mol. The fraction of sp³-hybridized carbons (Fsp3) is 0.429. The first-order chi connectivity index (χ1) is 13.4. The second-order valence-corrected chi connectivity index (χ2v) is 8.46. The first-order valence-corrected chi connectivity index (χ1v) is 10.1. The van der Waals surface area contributed by atoms with E-state index in [2.05, 4.69) is 18.3 Å². The zero-order valence-corrected chi connectivity index (χ0v) is 17.2. The van der Waals surface area contributed by atoms with Crippen molar-refractivity contribution in [2.45, 2.75) is 32.7 Å². The number of hydrogen-bond donors (Lipinski definition) is 1. The van der Waals surface area contributed by atoms with E-state index in [9.17, 15) is 14.4 Å². The fourth-order valence-corrected chi connectivity index (χ4v) is 4.92. The number of rotatable bonds is 6. The third-order valence-electron chi connectivity index (χ3n) is 4.96. The van der Waals surface area contributed by atoms with Crippen molar-refractivity contribution in [1.29, 1.82) is 5.26 Å². The molecule has 0 unspecified atom stereocenters. The molecule has 28 heavy (non-hydrogen) atoms. The van der Waals surface area contributed by atoms with Crippen LogP contribution in [0.15, 0.2) is 18.2 Å². The molecule has 1 aliphatic carbocycles. The zero-order chi connectivity index (χ0) is 20.3. The Morgan fingerprint density at radius 1 is 1.50 bits per heavy atom. The lowest BCUT2D eigenvalue weighted by Gasteiger charge is -2.17. The number of ether oxygens (including phenoxy) is 1. The third-order valence-corrected chi connectivity index (χ3v) is 6.13. The summed E-state index contributed by atoms with van der Waals surface area (Å²) < 4.78 is 18.7. The van der Waals surface area contributed by atoms with Crippen LogP contribution in [0.25, 0.3) is 0 Å². The molecular formula is C21H24FN3O2S. The third kappa shape index (κ3) is 4.51. The highest BCUT2D eigenvalue weighted by Crippen LogP contribution is 2.39. The van der Waals surface area contributed by atoms with E-state index in [1.54, 1.807) is 24.1 Å². The van der Waals surface area contributed by atoms with Crippen LogP contribution in [0.3, 0.4) is 0 Å². The maximum Gasteiger partial charge on any atom is 0.239 e. The molecule has 148 valence electrons. The lowest BCUT2D eigenvalue weighted by atomic mass is 9.89. The summed E-state index contributed by atoms with van der Waals surface area (Å²) in [6.07, 6.45) is 2.94. The lowest BCUT2D eigenvalue weighted by molar-refractivity contribution is -0.117. The van der Waals surface area contributed by atoms with E-state index in [1.165, 1.54) is 29.4 Å². The quantitative estimate of drug-likeness (QED) is 0.796. The number of methoxy groups -OCH3 is 1. The van der Waals surface area contributed by atoms with Gasteiger partial charge in [-0.2, -0.15) is 5.26 Å². The monoisotopic (exact) mass is 401 g/mol. The topological polar surface area (TPSA) is 65.4 Å². The van der Waals surface area contributed by atoms with Crippen LogP contribution in [0.5, 0.6) is 5.75 Å². The molecule has 1 N–H and O–H groups in total. The molecule has 0 aliphatic heterocycles. The van der Waals surface area contributed by atoms with Crippen LogP contribution in [-0.2, 0) is 24.2 Å². The normalized spacial score (nSPS) is 15.8. The molecule has 1 amide bonds. The van der Waals surface area contributed by atoms with Crippen molar-refractivity contribution in [1.82, 2.24) is 4.90 Å². The number of carbonyl (C=O) groups is 1. The van der Waals surface area contributed by atoms with Gasteiger partial charge >= 0.3 is 0 Å². The maximum absolute atomic E-state index is 13.8. The highest BCUT2D eigenvalue weighted by molar-refractivity contribution is 7.16. The van der Waals surface area contributed by atoms with Gasteiger partial charge < -0.3 is 10.1 Å². The SMILES string of the molecule is COc1ccc(CN(C)CC(=O)Nc2sc3c(c2C#N)CC[C@@H](C)C3)cc1F. The Kier molecular flexibility index (Phi) is 6.32. The summed E-state index contributed by atoms with van der Waals surface area (Å²) in [5.74, 6) is 0.205. The largest absolute Gasteiger partial charge is 0.494 e. The van der Waals surface area contributed by atoms with E-state index >= 15 is 0 Å². The van der Waals surface area contributed by atoms with Crippen molar-refractivity contribution in [2.24, 2.45) is 5.92 Å². The van der Waals surface area contributed by atoms with Crippen molar-refractivity contribution in [3.63, 3.8) is 0 Å². The highest BCUT2D eigenvalue weighted by Gasteiger charge is 2.24. The number of carbonyl (C=O) groups excluding carboxylic acids is 1. The number of nitrogens with zero attached hydrogens (tertiary/aromatic N) is 2. The van der Waals surface area contributed by atoms with Crippen molar-refractivity contribution >= 4 is 22.2 Å². The van der Waals surface area contributed by atoms with E-state index in [-0.39, 0.29) is 18.2 Å². The Bertz CT molecular complexity index is 919. The van der Waals surface area contributed by atoms with Crippen molar-refractivity contribution in [3.8, 4) is 11.8 Å². The predicted molar refractivity (Wildman–Crippen MR) is 108 cm³/mol. The van der Waals surface area contributed by atoms with E-state index in [1.807, 2.05) is 0 Å². The van der Waals surface area contributed by atoms with Crippen LogP contribution in [0.2, 0.25) is 0 Å². The standard InChI is InChI=1S/C21H24FN3O2S/c1-13-4-6-15-16(10-23)21(28-19(15)8-13)24-20(26)12-25(2)11-14-5-7-18(27-3)17(22)9-14/h5,7,9,13H,4,6,8,11-12H2,1-3H3,(H,24,26)/t13-/m1/s1. The van der Waals surface area contributed by atoms with Crippen LogP contribution in [0, 0.1) is 23.1 Å². The molecule has 2 aromatic rings. The van der Waals surface area contributed by atoms with Gasteiger partial charge in [0.1, 0.15) is 11.1 Å². The average molecular weight is 402 g/mol. The molecule has 7 heteroatoms. The zero-order valence-electron chi connectivity index (χ0n) is 16.3. The Morgan fingerprint density at radius 3 is 2.96 bits per heavy atom. The van der Waals surface area contributed by atoms with Gasteiger partial charge in [0.2, 0.25) is 5.91 Å². The van der Waals surface area contributed by atoms with Crippen LogP contribution in [-0.4, -0.2) is 31.5 Å². The van der Waals surface area contributed by atoms with Crippen molar-refractivity contribution in [2.75, 3.05) is 26.0 Å². The molecule has 1 aromatic carbocycles. The molecule has 0 bridgehead atoms. The second kappa shape index (κ2) is 8.72. The van der Waals surface area contributed by atoms with Crippen LogP contribution >= 0.6 is 11.3 Å². The molecule has 5 nitrogen and oxygen atoms in total. The minimum Gasteiger partial charge on any atom is -0.494 e. The molecule has 0 saturated heterocycles. The minimum atomic E-state index is -0.421. The minimum absolute atomic E-state index is 0.150. The molecule has 1 atom stereocenters. The van der Waals surface area contributed by atoms with Crippen molar-refractivity contribution < 1.29 is 13.9 Å². The van der Waals surface area contributed by atoms with Gasteiger partial charge in [-0.3, -0.25) is 9.69 Å². The molecule has 1 aromatic heterocycles. The summed E-state index contributed by atoms with van der Waals surface area (Å²) >= 11 is 1.52. The number of thiophene rings is 1. The number of anilines is 1. The maximum atomic E-state index is 13.8. The number of fused-ring (bicyclic) bond motifs is 1. The number of hydrogen-bond acceptors (Lipinski definition) is 5. The van der Waals surface area contributed by atoms with Gasteiger partial charge in [-0.1, -0.05) is 13.0 Å². The summed E-state index contributed by atoms with van der Waals surface area (Å²) in [7, 11) is 3.22. The van der Waals surface area contributed by atoms with Crippen LogP contribution in [0.4, 0.5) is 9.39 Å². The molecule has 0 radical (unpaired) electrons. The van der Waals surface area contributed by atoms with Gasteiger partial charge in [-0.15, -0.1) is 11.3 Å². The molecule has 3 rings (SSSR count). The van der Waals surface area contributed by atoms with Gasteiger partial charge in [-0.05, 0) is 55.5 Å². The first-order valence-electron chi connectivity index (χ1n) is 9.26. The number of nitrogens with one attached hydrogen (secondary N) is 1. The molecule has 1 aliphatic rings. The first kappa shape index (κ1) is 20.3. The molecule has 0 saturated carbocycles. The summed E-state index contributed by atoms with van der Waals surface area (Å²) in [4.78, 5) is 15.5. The number of halogens is 1. The lowest BCUT2D eigenvalue weighted by Crippen LogP contribution is -2.29. The molecule has 1 heterocycles. The molecule has 0 spiro atoms. The van der Waals surface area contributed by atoms with Gasteiger partial charge in [-0.25, -0.2) is 4.39 Å². The Hall–Kier alpha value is -2.43. The van der Waals surface area contributed by atoms with E-state index in [0.29, 0.717) is 23.0 Å². The Balaban J connectivity index is 1.63. The average Bonchev–Trinajstić information content (AvgIpc) is 2.97. The summed E-state index contributed by atoms with van der Waals surface area (Å²) in [5.41, 5.74) is 2.47. The molecule has 0 fully saturated rings. The van der Waals surface area contributed by atoms with Gasteiger partial charge in [0.05, 0.1) is 19.2 Å². The summed E-state index contributed by atoms with van der Waals surface area (Å²) in [6, 6.07) is 7.03. The van der Waals surface area contributed by atoms with Crippen LogP contribution in [0.1, 0.15) is 34.9 Å². The summed E-state index contributed by atoms with van der Waals surface area (Å²) in [5, 5.41) is 13.1. The predicted octanol–water partition coefficient (Wildman–Crippen LogP) is 3.96. The van der Waals surface area contributed by atoms with Gasteiger partial charge in [0.15, 0.2) is 11.6 Å². The number of likely N-dealkylation sites (N-methyl/N-ethyl adjacent to an activating group) is 1. The second-order valence-electron chi connectivity index (χ2n) is 7.36. The number of benzene rings is 1.